The quantitative estimate of drug-likeness (QED) is 0.902. The third-order valence-corrected chi connectivity index (χ3v) is 3.08. The molecule has 0 saturated carbocycles. The van der Waals surface area contributed by atoms with E-state index < -0.39 is 11.6 Å². The maximum atomic E-state index is 13.5. The Balaban J connectivity index is 2.12. The van der Waals surface area contributed by atoms with Gasteiger partial charge in [0.2, 0.25) is 0 Å². The molecule has 1 heterocycles. The number of hydrogen-bond donors (Lipinski definition) is 1. The zero-order valence-electron chi connectivity index (χ0n) is 10.8. The minimum absolute atomic E-state index is 0.0474. The largest absolute Gasteiger partial charge is 0.333 e. The van der Waals surface area contributed by atoms with Crippen LogP contribution in [0.3, 0.4) is 0 Å². The lowest BCUT2D eigenvalue weighted by atomic mass is 10.1. The average molecular weight is 265 g/mol. The SMILES string of the molecule is CCC(N)Cc1cn(Cc2c(F)cccc2F)cn1. The molecule has 19 heavy (non-hydrogen) atoms. The predicted molar refractivity (Wildman–Crippen MR) is 69.7 cm³/mol. The van der Waals surface area contributed by atoms with Gasteiger partial charge in [-0.05, 0) is 18.6 Å². The smallest absolute Gasteiger partial charge is 0.131 e. The van der Waals surface area contributed by atoms with Gasteiger partial charge in [0, 0.05) is 24.2 Å². The third kappa shape index (κ3) is 3.38. The number of imidazole rings is 1. The molecule has 0 aliphatic rings. The normalized spacial score (nSPS) is 12.6. The van der Waals surface area contributed by atoms with E-state index >= 15 is 0 Å². The molecule has 5 heteroatoms. The highest BCUT2D eigenvalue weighted by Crippen LogP contribution is 2.14. The highest BCUT2D eigenvalue weighted by molar-refractivity contribution is 5.20. The molecule has 2 N–H and O–H groups in total. The fourth-order valence-corrected chi connectivity index (χ4v) is 1.88. The number of halogens is 2. The van der Waals surface area contributed by atoms with Crippen molar-refractivity contribution in [2.45, 2.75) is 32.4 Å². The fourth-order valence-electron chi connectivity index (χ4n) is 1.88. The minimum Gasteiger partial charge on any atom is -0.333 e. The summed E-state index contributed by atoms with van der Waals surface area (Å²) in [6.07, 6.45) is 4.89. The molecule has 2 rings (SSSR count). The maximum absolute atomic E-state index is 13.5. The van der Waals surface area contributed by atoms with Crippen LogP contribution in [0.4, 0.5) is 8.78 Å². The molecule has 0 spiro atoms. The number of hydrogen-bond acceptors (Lipinski definition) is 2. The summed E-state index contributed by atoms with van der Waals surface area (Å²) >= 11 is 0. The zero-order chi connectivity index (χ0) is 13.8. The molecule has 1 unspecified atom stereocenters. The Hall–Kier alpha value is -1.75. The van der Waals surface area contributed by atoms with Crippen LogP contribution in [0.25, 0.3) is 0 Å². The van der Waals surface area contributed by atoms with E-state index in [1.807, 2.05) is 6.92 Å². The lowest BCUT2D eigenvalue weighted by Crippen LogP contribution is -2.21. The molecule has 0 amide bonds. The van der Waals surface area contributed by atoms with Gasteiger partial charge in [-0.1, -0.05) is 13.0 Å². The van der Waals surface area contributed by atoms with Gasteiger partial charge >= 0.3 is 0 Å². The van der Waals surface area contributed by atoms with E-state index in [9.17, 15) is 8.78 Å². The number of nitrogens with two attached hydrogens (primary N) is 1. The number of aromatic nitrogens is 2. The second-order valence-corrected chi connectivity index (χ2v) is 4.61. The van der Waals surface area contributed by atoms with E-state index in [4.69, 9.17) is 5.73 Å². The molecule has 0 aliphatic heterocycles. The van der Waals surface area contributed by atoms with Crippen molar-refractivity contribution in [1.82, 2.24) is 9.55 Å². The lowest BCUT2D eigenvalue weighted by Gasteiger charge is -2.06. The Labute approximate surface area is 111 Å². The van der Waals surface area contributed by atoms with Gasteiger partial charge in [0.15, 0.2) is 0 Å². The first-order valence-electron chi connectivity index (χ1n) is 6.29. The van der Waals surface area contributed by atoms with E-state index in [2.05, 4.69) is 4.98 Å². The molecule has 1 aromatic carbocycles. The molecular formula is C14H17F2N3. The van der Waals surface area contributed by atoms with Crippen molar-refractivity contribution in [2.75, 3.05) is 0 Å². The predicted octanol–water partition coefficient (Wildman–Crippen LogP) is 2.49. The van der Waals surface area contributed by atoms with Crippen molar-refractivity contribution < 1.29 is 8.78 Å². The van der Waals surface area contributed by atoms with Gasteiger partial charge in [-0.3, -0.25) is 0 Å². The molecule has 2 aromatic rings. The van der Waals surface area contributed by atoms with Gasteiger partial charge in [-0.2, -0.15) is 0 Å². The minimum atomic E-state index is -0.541. The second-order valence-electron chi connectivity index (χ2n) is 4.61. The molecular weight excluding hydrogens is 248 g/mol. The lowest BCUT2D eigenvalue weighted by molar-refractivity contribution is 0.544. The molecule has 0 saturated heterocycles. The van der Waals surface area contributed by atoms with Crippen molar-refractivity contribution in [1.29, 1.82) is 0 Å². The maximum Gasteiger partial charge on any atom is 0.131 e. The van der Waals surface area contributed by atoms with Crippen molar-refractivity contribution >= 4 is 0 Å². The van der Waals surface area contributed by atoms with Crippen LogP contribution < -0.4 is 5.73 Å². The molecule has 102 valence electrons. The number of nitrogens with zero attached hydrogens (tertiary/aromatic N) is 2. The van der Waals surface area contributed by atoms with Gasteiger partial charge in [0.25, 0.3) is 0 Å². The highest BCUT2D eigenvalue weighted by Gasteiger charge is 2.10. The Bertz CT molecular complexity index is 531. The van der Waals surface area contributed by atoms with Crippen LogP contribution in [-0.4, -0.2) is 15.6 Å². The Morgan fingerprint density at radius 2 is 2.00 bits per heavy atom. The number of benzene rings is 1. The van der Waals surface area contributed by atoms with Gasteiger partial charge in [0.1, 0.15) is 11.6 Å². The number of rotatable bonds is 5. The van der Waals surface area contributed by atoms with E-state index in [1.165, 1.54) is 18.2 Å². The molecule has 0 aliphatic carbocycles. The van der Waals surface area contributed by atoms with E-state index in [1.54, 1.807) is 17.1 Å². The monoisotopic (exact) mass is 265 g/mol. The van der Waals surface area contributed by atoms with Crippen LogP contribution in [-0.2, 0) is 13.0 Å². The van der Waals surface area contributed by atoms with Crippen molar-refractivity contribution in [3.8, 4) is 0 Å². The van der Waals surface area contributed by atoms with Crippen molar-refractivity contribution in [3.05, 3.63) is 53.6 Å². The Kier molecular flexibility index (Phi) is 4.27. The summed E-state index contributed by atoms with van der Waals surface area (Å²) in [4.78, 5) is 4.20. The van der Waals surface area contributed by atoms with Crippen LogP contribution >= 0.6 is 0 Å². The van der Waals surface area contributed by atoms with Crippen LogP contribution in [0.5, 0.6) is 0 Å². The molecule has 1 aromatic heterocycles. The molecule has 0 fully saturated rings. The molecule has 3 nitrogen and oxygen atoms in total. The second kappa shape index (κ2) is 5.93. The van der Waals surface area contributed by atoms with Crippen LogP contribution in [0.2, 0.25) is 0 Å². The summed E-state index contributed by atoms with van der Waals surface area (Å²) in [6, 6.07) is 3.92. The summed E-state index contributed by atoms with van der Waals surface area (Å²) < 4.78 is 28.7. The molecule has 0 bridgehead atoms. The first-order chi connectivity index (χ1) is 9.10. The Morgan fingerprint density at radius 1 is 1.32 bits per heavy atom. The summed E-state index contributed by atoms with van der Waals surface area (Å²) in [6.45, 7) is 2.14. The van der Waals surface area contributed by atoms with Gasteiger partial charge in [0.05, 0.1) is 18.6 Å². The highest BCUT2D eigenvalue weighted by atomic mass is 19.1. The van der Waals surface area contributed by atoms with E-state index in [-0.39, 0.29) is 18.2 Å². The first-order valence-corrected chi connectivity index (χ1v) is 6.29. The molecule has 1 atom stereocenters. The summed E-state index contributed by atoms with van der Waals surface area (Å²) in [5, 5.41) is 0. The standard InChI is InChI=1S/C14H17F2N3/c1-2-10(17)6-11-7-19(9-18-11)8-12-13(15)4-3-5-14(12)16/h3-5,7,9-10H,2,6,8,17H2,1H3. The summed E-state index contributed by atoms with van der Waals surface area (Å²) in [7, 11) is 0. The molecule has 0 radical (unpaired) electrons. The van der Waals surface area contributed by atoms with Gasteiger partial charge in [-0.15, -0.1) is 0 Å². The summed E-state index contributed by atoms with van der Waals surface area (Å²) in [5.41, 5.74) is 6.73. The van der Waals surface area contributed by atoms with Crippen molar-refractivity contribution in [3.63, 3.8) is 0 Å². The van der Waals surface area contributed by atoms with E-state index in [0.717, 1.165) is 12.1 Å². The fraction of sp³-hybridized carbons (Fsp3) is 0.357. The average Bonchev–Trinajstić information content (AvgIpc) is 2.81. The van der Waals surface area contributed by atoms with Crippen LogP contribution in [0.15, 0.2) is 30.7 Å². The summed E-state index contributed by atoms with van der Waals surface area (Å²) in [5.74, 6) is -1.08. The zero-order valence-corrected chi connectivity index (χ0v) is 10.8. The van der Waals surface area contributed by atoms with Crippen LogP contribution in [0.1, 0.15) is 24.6 Å². The first kappa shape index (κ1) is 13.7. The Morgan fingerprint density at radius 3 is 2.63 bits per heavy atom. The van der Waals surface area contributed by atoms with Gasteiger partial charge < -0.3 is 10.3 Å². The van der Waals surface area contributed by atoms with Gasteiger partial charge in [-0.25, -0.2) is 13.8 Å². The topological polar surface area (TPSA) is 43.8 Å². The van der Waals surface area contributed by atoms with Crippen molar-refractivity contribution in [2.24, 2.45) is 5.73 Å². The van der Waals surface area contributed by atoms with E-state index in [0.29, 0.717) is 6.42 Å². The third-order valence-electron chi connectivity index (χ3n) is 3.08. The van der Waals surface area contributed by atoms with Crippen LogP contribution in [0, 0.1) is 11.6 Å².